The van der Waals surface area contributed by atoms with Gasteiger partial charge in [0.15, 0.2) is 11.6 Å². The highest BCUT2D eigenvalue weighted by Crippen LogP contribution is 2.79. The molecule has 3 aromatic heterocycles. The first-order valence-electron chi connectivity index (χ1n) is 13.8. The molecule has 9 rings (SSSR count). The van der Waals surface area contributed by atoms with Crippen LogP contribution in [0.3, 0.4) is 0 Å². The number of allylic oxidation sites excluding steroid dienone is 1. The Kier molecular flexibility index (Phi) is 4.08. The summed E-state index contributed by atoms with van der Waals surface area (Å²) in [5, 5.41) is 0. The molecular formula is C34H26N6. The van der Waals surface area contributed by atoms with Crippen LogP contribution in [0.4, 0.5) is 23.0 Å². The van der Waals surface area contributed by atoms with Crippen molar-refractivity contribution in [3.63, 3.8) is 0 Å². The van der Waals surface area contributed by atoms with Crippen LogP contribution in [0, 0.1) is 5.41 Å². The number of pyridine rings is 2. The normalized spacial score (nSPS) is 24.9. The number of rotatable bonds is 3. The van der Waals surface area contributed by atoms with Crippen LogP contribution in [0.2, 0.25) is 0 Å². The Hall–Kier alpha value is -4.84. The van der Waals surface area contributed by atoms with Gasteiger partial charge in [0.25, 0.3) is 0 Å². The highest BCUT2D eigenvalue weighted by molar-refractivity contribution is 5.93. The molecule has 0 amide bonds. The standard InChI is InChI=1S/C34H26N6/c1-33-24-14-6-7-15-27(24)40-31-30(39(23-12-4-3-5-13-23)32(40)34(33,2)26-18-25(26)33)37-28(21-10-8-16-35-19-21)29(38-31)22-11-9-17-36-20-22/h3-17,19-20,32H,18H2,1-2H3. The first-order valence-corrected chi connectivity index (χ1v) is 13.8. The summed E-state index contributed by atoms with van der Waals surface area (Å²) in [5.41, 5.74) is 10.3. The molecule has 0 N–H and O–H groups in total. The van der Waals surface area contributed by atoms with Crippen molar-refractivity contribution in [2.45, 2.75) is 31.8 Å². The van der Waals surface area contributed by atoms with Crippen LogP contribution >= 0.6 is 0 Å². The second kappa shape index (κ2) is 7.42. The van der Waals surface area contributed by atoms with Crippen molar-refractivity contribution < 1.29 is 0 Å². The minimum Gasteiger partial charge on any atom is -0.301 e. The van der Waals surface area contributed by atoms with Crippen molar-refractivity contribution in [3.05, 3.63) is 120 Å². The van der Waals surface area contributed by atoms with Gasteiger partial charge in [-0.25, -0.2) is 9.97 Å². The minimum atomic E-state index is -0.0855. The Labute approximate surface area is 232 Å². The molecular weight excluding hydrogens is 492 g/mol. The second-order valence-electron chi connectivity index (χ2n) is 11.5. The van der Waals surface area contributed by atoms with Gasteiger partial charge in [-0.2, -0.15) is 0 Å². The maximum Gasteiger partial charge on any atom is 0.179 e. The van der Waals surface area contributed by atoms with E-state index in [2.05, 4.69) is 100 Å². The third kappa shape index (κ3) is 2.50. The fraction of sp³-hybridized carbons (Fsp3) is 0.176. The zero-order valence-corrected chi connectivity index (χ0v) is 22.3. The molecule has 2 aliphatic carbocycles. The van der Waals surface area contributed by atoms with Gasteiger partial charge in [0.2, 0.25) is 0 Å². The number of anilines is 4. The van der Waals surface area contributed by atoms with E-state index in [-0.39, 0.29) is 17.0 Å². The lowest BCUT2D eigenvalue weighted by molar-refractivity contribution is 0.174. The number of benzene rings is 2. The molecule has 0 bridgehead atoms. The molecule has 192 valence electrons. The average Bonchev–Trinajstić information content (AvgIpc) is 3.73. The Balaban J connectivity index is 1.38. The largest absolute Gasteiger partial charge is 0.301 e. The van der Waals surface area contributed by atoms with Gasteiger partial charge in [0, 0.05) is 58.1 Å². The highest BCUT2D eigenvalue weighted by atomic mass is 15.5. The van der Waals surface area contributed by atoms with E-state index in [1.165, 1.54) is 11.3 Å². The highest BCUT2D eigenvalue weighted by Gasteiger charge is 2.75. The fourth-order valence-corrected chi connectivity index (χ4v) is 7.73. The van der Waals surface area contributed by atoms with E-state index in [0.717, 1.165) is 46.3 Å². The molecule has 0 radical (unpaired) electrons. The van der Waals surface area contributed by atoms with Gasteiger partial charge >= 0.3 is 0 Å². The summed E-state index contributed by atoms with van der Waals surface area (Å²) in [6.45, 7) is 4.91. The average molecular weight is 519 g/mol. The minimum absolute atomic E-state index is 0.0111. The molecule has 0 saturated carbocycles. The maximum atomic E-state index is 5.47. The van der Waals surface area contributed by atoms with Crippen LogP contribution in [0.15, 0.2) is 115 Å². The number of hydrogen-bond acceptors (Lipinski definition) is 6. The van der Waals surface area contributed by atoms with Crippen molar-refractivity contribution in [2.24, 2.45) is 5.41 Å². The quantitative estimate of drug-likeness (QED) is 0.235. The Morgan fingerprint density at radius 3 is 1.95 bits per heavy atom. The van der Waals surface area contributed by atoms with Crippen molar-refractivity contribution in [2.75, 3.05) is 9.80 Å². The van der Waals surface area contributed by atoms with Gasteiger partial charge in [-0.1, -0.05) is 61.4 Å². The Bertz CT molecular complexity index is 1870. The van der Waals surface area contributed by atoms with Crippen molar-refractivity contribution in [1.82, 2.24) is 19.9 Å². The number of nitrogens with zero attached hydrogens (tertiary/aromatic N) is 6. The van der Waals surface area contributed by atoms with Crippen molar-refractivity contribution >= 4 is 23.0 Å². The summed E-state index contributed by atoms with van der Waals surface area (Å²) in [4.78, 5) is 24.7. The van der Waals surface area contributed by atoms with E-state index in [1.807, 2.05) is 24.5 Å². The van der Waals surface area contributed by atoms with E-state index < -0.39 is 0 Å². The molecule has 5 heterocycles. The first-order chi connectivity index (χ1) is 19.6. The van der Waals surface area contributed by atoms with Crippen LogP contribution in [-0.2, 0) is 5.41 Å². The lowest BCUT2D eigenvalue weighted by Crippen LogP contribution is -2.64. The summed E-state index contributed by atoms with van der Waals surface area (Å²) in [6, 6.07) is 27.6. The molecule has 2 aliphatic heterocycles. The zero-order chi connectivity index (χ0) is 26.6. The van der Waals surface area contributed by atoms with Crippen LogP contribution in [0.1, 0.15) is 25.8 Å². The van der Waals surface area contributed by atoms with E-state index in [1.54, 1.807) is 23.5 Å². The van der Waals surface area contributed by atoms with E-state index in [0.29, 0.717) is 0 Å². The van der Waals surface area contributed by atoms with Crippen LogP contribution in [0.5, 0.6) is 0 Å². The molecule has 4 aliphatic rings. The van der Waals surface area contributed by atoms with Gasteiger partial charge in [-0.15, -0.1) is 0 Å². The summed E-state index contributed by atoms with van der Waals surface area (Å²) in [5.74, 6) is 1.75. The molecule has 3 unspecified atom stereocenters. The molecule has 2 aromatic carbocycles. The number of hydrogen-bond donors (Lipinski definition) is 0. The van der Waals surface area contributed by atoms with E-state index >= 15 is 0 Å². The molecule has 40 heavy (non-hydrogen) atoms. The number of aromatic nitrogens is 4. The predicted octanol–water partition coefficient (Wildman–Crippen LogP) is 7.21. The van der Waals surface area contributed by atoms with E-state index in [4.69, 9.17) is 9.97 Å². The molecule has 5 aromatic rings. The summed E-state index contributed by atoms with van der Waals surface area (Å²) < 4.78 is 0. The number of fused-ring (bicyclic) bond motifs is 10. The van der Waals surface area contributed by atoms with Crippen molar-refractivity contribution in [1.29, 1.82) is 0 Å². The third-order valence-corrected chi connectivity index (χ3v) is 9.79. The summed E-state index contributed by atoms with van der Waals surface area (Å²) in [7, 11) is 0. The molecule has 0 spiro atoms. The second-order valence-corrected chi connectivity index (χ2v) is 11.5. The van der Waals surface area contributed by atoms with Crippen molar-refractivity contribution in [3.8, 4) is 22.5 Å². The smallest absolute Gasteiger partial charge is 0.179 e. The summed E-state index contributed by atoms with van der Waals surface area (Å²) >= 11 is 0. The Morgan fingerprint density at radius 1 is 0.675 bits per heavy atom. The monoisotopic (exact) mass is 518 g/mol. The van der Waals surface area contributed by atoms with Gasteiger partial charge < -0.3 is 9.80 Å². The Morgan fingerprint density at radius 2 is 1.30 bits per heavy atom. The van der Waals surface area contributed by atoms with Gasteiger partial charge in [-0.05, 0) is 54.4 Å². The SMILES string of the molecule is CC12C3=C(C3)C1(C)C1N(c3ccccc3)c3nc(-c4cccnc4)c(-c4cccnc4)nc3N1c1ccccc12. The topological polar surface area (TPSA) is 58.0 Å². The molecule has 3 atom stereocenters. The van der Waals surface area contributed by atoms with Gasteiger partial charge in [0.05, 0.1) is 0 Å². The zero-order valence-electron chi connectivity index (χ0n) is 22.3. The lowest BCUT2D eigenvalue weighted by Gasteiger charge is -2.60. The number of para-hydroxylation sites is 2. The third-order valence-electron chi connectivity index (χ3n) is 9.79. The van der Waals surface area contributed by atoms with E-state index in [9.17, 15) is 0 Å². The lowest BCUT2D eigenvalue weighted by atomic mass is 9.51. The molecule has 0 fully saturated rings. The molecule has 6 heteroatoms. The van der Waals surface area contributed by atoms with Crippen LogP contribution in [0.25, 0.3) is 22.5 Å². The molecule has 0 saturated heterocycles. The fourth-order valence-electron chi connectivity index (χ4n) is 7.73. The predicted molar refractivity (Wildman–Crippen MR) is 157 cm³/mol. The van der Waals surface area contributed by atoms with Gasteiger partial charge in [0.1, 0.15) is 17.6 Å². The van der Waals surface area contributed by atoms with Crippen LogP contribution in [-0.4, -0.2) is 26.1 Å². The summed E-state index contributed by atoms with van der Waals surface area (Å²) in [6.07, 6.45) is 8.45. The van der Waals surface area contributed by atoms with Crippen LogP contribution < -0.4 is 9.80 Å². The first kappa shape index (κ1) is 22.0. The maximum absolute atomic E-state index is 5.47. The molecule has 6 nitrogen and oxygen atoms in total. The van der Waals surface area contributed by atoms with Gasteiger partial charge in [-0.3, -0.25) is 9.97 Å².